The third-order valence-electron chi connectivity index (χ3n) is 3.01. The molecule has 0 atom stereocenters. The number of ether oxygens (including phenoxy) is 2. The minimum atomic E-state index is -0.598. The van der Waals surface area contributed by atoms with E-state index in [-0.39, 0.29) is 17.1 Å². The highest BCUT2D eigenvalue weighted by Gasteiger charge is 2.10. The summed E-state index contributed by atoms with van der Waals surface area (Å²) in [7, 11) is 3.06. The van der Waals surface area contributed by atoms with Crippen molar-refractivity contribution in [1.29, 1.82) is 0 Å². The molecule has 0 saturated heterocycles. The first-order chi connectivity index (χ1) is 11.0. The molecule has 0 fully saturated rings. The van der Waals surface area contributed by atoms with Crippen LogP contribution in [0.5, 0.6) is 23.0 Å². The zero-order chi connectivity index (χ0) is 16.8. The van der Waals surface area contributed by atoms with Crippen LogP contribution in [0.15, 0.2) is 41.5 Å². The van der Waals surface area contributed by atoms with Crippen LogP contribution in [0.2, 0.25) is 0 Å². The van der Waals surface area contributed by atoms with Crippen LogP contribution < -0.4 is 14.9 Å². The predicted molar refractivity (Wildman–Crippen MR) is 84.4 cm³/mol. The summed E-state index contributed by atoms with van der Waals surface area (Å²) < 4.78 is 10.3. The van der Waals surface area contributed by atoms with Gasteiger partial charge in [-0.3, -0.25) is 4.79 Å². The standard InChI is InChI=1S/C16H16N2O5/c1-22-14-6-3-10(7-15(14)23-2)9-17-18-16(21)12-5-4-11(19)8-13(12)20/h3-9,19-20H,1-2H3,(H,18,21)/b17-9-. The van der Waals surface area contributed by atoms with Crippen LogP contribution in [0.25, 0.3) is 0 Å². The van der Waals surface area contributed by atoms with E-state index in [1.165, 1.54) is 32.6 Å². The largest absolute Gasteiger partial charge is 0.508 e. The van der Waals surface area contributed by atoms with Crippen molar-refractivity contribution in [3.63, 3.8) is 0 Å². The van der Waals surface area contributed by atoms with Gasteiger partial charge < -0.3 is 19.7 Å². The highest BCUT2D eigenvalue weighted by molar-refractivity contribution is 5.97. The highest BCUT2D eigenvalue weighted by Crippen LogP contribution is 2.27. The van der Waals surface area contributed by atoms with Crippen LogP contribution in [0, 0.1) is 0 Å². The lowest BCUT2D eigenvalue weighted by Crippen LogP contribution is -2.17. The second-order valence-corrected chi connectivity index (χ2v) is 4.51. The Morgan fingerprint density at radius 3 is 2.48 bits per heavy atom. The molecule has 7 nitrogen and oxygen atoms in total. The number of benzene rings is 2. The lowest BCUT2D eigenvalue weighted by atomic mass is 10.2. The molecule has 0 unspecified atom stereocenters. The van der Waals surface area contributed by atoms with E-state index in [9.17, 15) is 15.0 Å². The minimum Gasteiger partial charge on any atom is -0.508 e. The van der Waals surface area contributed by atoms with Gasteiger partial charge in [-0.2, -0.15) is 5.10 Å². The van der Waals surface area contributed by atoms with Crippen LogP contribution >= 0.6 is 0 Å². The molecule has 3 N–H and O–H groups in total. The molecule has 0 aliphatic rings. The number of hydrogen-bond donors (Lipinski definition) is 3. The van der Waals surface area contributed by atoms with Gasteiger partial charge in [0.2, 0.25) is 0 Å². The Kier molecular flexibility index (Phi) is 5.03. The van der Waals surface area contributed by atoms with Gasteiger partial charge in [-0.15, -0.1) is 0 Å². The van der Waals surface area contributed by atoms with Gasteiger partial charge in [0.1, 0.15) is 11.5 Å². The van der Waals surface area contributed by atoms with Gasteiger partial charge in [-0.25, -0.2) is 5.43 Å². The number of rotatable bonds is 5. The number of nitrogens with zero attached hydrogens (tertiary/aromatic N) is 1. The molecule has 0 spiro atoms. The Morgan fingerprint density at radius 2 is 1.83 bits per heavy atom. The van der Waals surface area contributed by atoms with E-state index in [0.29, 0.717) is 17.1 Å². The molecular formula is C16H16N2O5. The molecule has 0 bridgehead atoms. The fourth-order valence-electron chi connectivity index (χ4n) is 1.87. The van der Waals surface area contributed by atoms with E-state index in [2.05, 4.69) is 10.5 Å². The fraction of sp³-hybridized carbons (Fsp3) is 0.125. The lowest BCUT2D eigenvalue weighted by molar-refractivity contribution is 0.0952. The molecule has 1 amide bonds. The SMILES string of the molecule is COc1ccc(/C=N\NC(=O)c2ccc(O)cc2O)cc1OC. The highest BCUT2D eigenvalue weighted by atomic mass is 16.5. The number of phenols is 2. The number of hydrazone groups is 1. The van der Waals surface area contributed by atoms with E-state index in [1.54, 1.807) is 18.2 Å². The summed E-state index contributed by atoms with van der Waals surface area (Å²) >= 11 is 0. The second-order valence-electron chi connectivity index (χ2n) is 4.51. The van der Waals surface area contributed by atoms with Crippen LogP contribution in [0.3, 0.4) is 0 Å². The maximum absolute atomic E-state index is 11.9. The first kappa shape index (κ1) is 16.2. The van der Waals surface area contributed by atoms with Crippen molar-refractivity contribution in [3.05, 3.63) is 47.5 Å². The second kappa shape index (κ2) is 7.17. The smallest absolute Gasteiger partial charge is 0.275 e. The number of amides is 1. The molecule has 2 rings (SSSR count). The molecule has 0 radical (unpaired) electrons. The van der Waals surface area contributed by atoms with Crippen molar-refractivity contribution in [2.45, 2.75) is 0 Å². The quantitative estimate of drug-likeness (QED) is 0.577. The van der Waals surface area contributed by atoms with Gasteiger partial charge in [-0.1, -0.05) is 0 Å². The van der Waals surface area contributed by atoms with Crippen molar-refractivity contribution >= 4 is 12.1 Å². The average molecular weight is 316 g/mol. The maximum atomic E-state index is 11.9. The summed E-state index contributed by atoms with van der Waals surface area (Å²) in [6, 6.07) is 8.83. The Labute approximate surface area is 132 Å². The predicted octanol–water partition coefficient (Wildman–Crippen LogP) is 1.88. The molecular weight excluding hydrogens is 300 g/mol. The maximum Gasteiger partial charge on any atom is 0.275 e. The molecule has 23 heavy (non-hydrogen) atoms. The first-order valence-corrected chi connectivity index (χ1v) is 6.62. The molecule has 2 aromatic rings. The number of nitrogens with one attached hydrogen (secondary N) is 1. The molecule has 0 aromatic heterocycles. The Hall–Kier alpha value is -3.22. The van der Waals surface area contributed by atoms with Crippen LogP contribution in [0.1, 0.15) is 15.9 Å². The minimum absolute atomic E-state index is 0.00672. The first-order valence-electron chi connectivity index (χ1n) is 6.62. The summed E-state index contributed by atoms with van der Waals surface area (Å²) in [5.74, 6) is 0.0672. The third kappa shape index (κ3) is 3.91. The Bertz CT molecular complexity index is 743. The van der Waals surface area contributed by atoms with Crippen molar-refractivity contribution in [2.75, 3.05) is 14.2 Å². The van der Waals surface area contributed by atoms with Gasteiger partial charge in [0.25, 0.3) is 5.91 Å². The van der Waals surface area contributed by atoms with Crippen LogP contribution in [-0.2, 0) is 0 Å². The number of carbonyl (C=O) groups excluding carboxylic acids is 1. The van der Waals surface area contributed by atoms with E-state index in [4.69, 9.17) is 9.47 Å². The zero-order valence-electron chi connectivity index (χ0n) is 12.6. The van der Waals surface area contributed by atoms with Gasteiger partial charge in [0.05, 0.1) is 26.0 Å². The van der Waals surface area contributed by atoms with E-state index in [0.717, 1.165) is 6.07 Å². The summed E-state index contributed by atoms with van der Waals surface area (Å²) in [6.45, 7) is 0. The topological polar surface area (TPSA) is 100 Å². The normalized spacial score (nSPS) is 10.5. The van der Waals surface area contributed by atoms with E-state index >= 15 is 0 Å². The fourth-order valence-corrected chi connectivity index (χ4v) is 1.87. The molecule has 0 aliphatic carbocycles. The lowest BCUT2D eigenvalue weighted by Gasteiger charge is -2.07. The summed E-state index contributed by atoms with van der Waals surface area (Å²) in [5, 5.41) is 22.6. The van der Waals surface area contributed by atoms with Crippen molar-refractivity contribution in [3.8, 4) is 23.0 Å². The monoisotopic (exact) mass is 316 g/mol. The van der Waals surface area contributed by atoms with E-state index < -0.39 is 5.91 Å². The van der Waals surface area contributed by atoms with E-state index in [1.807, 2.05) is 0 Å². The molecule has 0 aliphatic heterocycles. The zero-order valence-corrected chi connectivity index (χ0v) is 12.6. The molecule has 0 heterocycles. The van der Waals surface area contributed by atoms with Gasteiger partial charge >= 0.3 is 0 Å². The van der Waals surface area contributed by atoms with Gasteiger partial charge in [0, 0.05) is 6.07 Å². The summed E-state index contributed by atoms with van der Waals surface area (Å²) in [4.78, 5) is 11.9. The van der Waals surface area contributed by atoms with Crippen molar-refractivity contribution < 1.29 is 24.5 Å². The summed E-state index contributed by atoms with van der Waals surface area (Å²) in [6.07, 6.45) is 1.43. The van der Waals surface area contributed by atoms with Gasteiger partial charge in [-0.05, 0) is 35.9 Å². The third-order valence-corrected chi connectivity index (χ3v) is 3.01. The van der Waals surface area contributed by atoms with Crippen molar-refractivity contribution in [1.82, 2.24) is 5.43 Å². The van der Waals surface area contributed by atoms with Crippen LogP contribution in [-0.4, -0.2) is 36.6 Å². The summed E-state index contributed by atoms with van der Waals surface area (Å²) in [5.41, 5.74) is 2.99. The number of methoxy groups -OCH3 is 2. The average Bonchev–Trinajstić information content (AvgIpc) is 2.54. The Morgan fingerprint density at radius 1 is 1.09 bits per heavy atom. The van der Waals surface area contributed by atoms with Crippen LogP contribution in [0.4, 0.5) is 0 Å². The van der Waals surface area contributed by atoms with Gasteiger partial charge in [0.15, 0.2) is 11.5 Å². The Balaban J connectivity index is 2.08. The molecule has 0 saturated carbocycles. The molecule has 7 heteroatoms. The molecule has 120 valence electrons. The number of hydrogen-bond acceptors (Lipinski definition) is 6. The van der Waals surface area contributed by atoms with Crippen molar-refractivity contribution in [2.24, 2.45) is 5.10 Å². The number of aromatic hydroxyl groups is 2. The number of phenolic OH excluding ortho intramolecular Hbond substituents is 2. The molecule has 2 aromatic carbocycles. The number of carbonyl (C=O) groups is 1.